The normalized spacial score (nSPS) is 9.73. The van der Waals surface area contributed by atoms with Crippen LogP contribution in [0.4, 0.5) is 0 Å². The van der Waals surface area contributed by atoms with Crippen LogP contribution in [0.25, 0.3) is 0 Å². The van der Waals surface area contributed by atoms with Crippen molar-refractivity contribution < 1.29 is 14.3 Å². The lowest BCUT2D eigenvalue weighted by molar-refractivity contribution is -0.153. The highest BCUT2D eigenvalue weighted by molar-refractivity contribution is 6.34. The molecule has 0 atom stereocenters. The van der Waals surface area contributed by atoms with Crippen LogP contribution >= 0.6 is 0 Å². The van der Waals surface area contributed by atoms with Gasteiger partial charge in [0.1, 0.15) is 0 Å². The van der Waals surface area contributed by atoms with Crippen molar-refractivity contribution >= 4 is 11.8 Å². The molecule has 0 aromatic carbocycles. The molecule has 1 aromatic rings. The first-order valence-corrected chi connectivity index (χ1v) is 4.74. The lowest BCUT2D eigenvalue weighted by Gasteiger charge is -2.03. The van der Waals surface area contributed by atoms with E-state index in [-0.39, 0.29) is 13.0 Å². The van der Waals surface area contributed by atoms with Gasteiger partial charge in [-0.3, -0.25) is 9.78 Å². The number of hydrogen-bond acceptors (Lipinski definition) is 4. The van der Waals surface area contributed by atoms with E-state index in [4.69, 9.17) is 0 Å². The number of aryl methyl sites for hydroxylation is 1. The summed E-state index contributed by atoms with van der Waals surface area (Å²) in [6, 6.07) is 1.73. The molecule has 4 nitrogen and oxygen atoms in total. The summed E-state index contributed by atoms with van der Waals surface area (Å²) in [5, 5.41) is 0. The molecule has 1 rings (SSSR count). The van der Waals surface area contributed by atoms with Crippen molar-refractivity contribution in [1.29, 1.82) is 0 Å². The number of rotatable bonds is 4. The summed E-state index contributed by atoms with van der Waals surface area (Å²) >= 11 is 0. The second kappa shape index (κ2) is 5.24. The molecule has 0 aliphatic heterocycles. The summed E-state index contributed by atoms with van der Waals surface area (Å²) in [4.78, 5) is 26.3. The van der Waals surface area contributed by atoms with E-state index in [1.165, 1.54) is 0 Å². The molecule has 1 aromatic heterocycles. The molecule has 0 spiro atoms. The molecule has 80 valence electrons. The number of carbonyl (C=O) groups is 2. The van der Waals surface area contributed by atoms with Gasteiger partial charge in [-0.05, 0) is 31.0 Å². The van der Waals surface area contributed by atoms with Crippen LogP contribution < -0.4 is 0 Å². The Morgan fingerprint density at radius 3 is 2.80 bits per heavy atom. The Morgan fingerprint density at radius 1 is 1.47 bits per heavy atom. The van der Waals surface area contributed by atoms with Gasteiger partial charge in [-0.1, -0.05) is 0 Å². The van der Waals surface area contributed by atoms with E-state index >= 15 is 0 Å². The maximum absolute atomic E-state index is 11.4. The molecule has 4 heteroatoms. The number of pyridine rings is 1. The highest BCUT2D eigenvalue weighted by atomic mass is 16.5. The zero-order valence-electron chi connectivity index (χ0n) is 8.82. The molecule has 0 aliphatic carbocycles. The Labute approximate surface area is 88.3 Å². The first-order chi connectivity index (χ1) is 7.15. The maximum Gasteiger partial charge on any atom is 0.374 e. The van der Waals surface area contributed by atoms with Crippen LogP contribution in [0.5, 0.6) is 0 Å². The van der Waals surface area contributed by atoms with Gasteiger partial charge in [-0.2, -0.15) is 0 Å². The highest BCUT2D eigenvalue weighted by Crippen LogP contribution is 2.06. The minimum absolute atomic E-state index is 0.0766. The number of esters is 1. The molecule has 0 bridgehead atoms. The molecule has 0 N–H and O–H groups in total. The van der Waals surface area contributed by atoms with Gasteiger partial charge >= 0.3 is 5.97 Å². The van der Waals surface area contributed by atoms with E-state index in [0.717, 1.165) is 11.1 Å². The third-order valence-electron chi connectivity index (χ3n) is 1.99. The molecule has 0 radical (unpaired) electrons. The first-order valence-electron chi connectivity index (χ1n) is 4.74. The predicted octanol–water partition coefficient (Wildman–Crippen LogP) is 1.06. The minimum Gasteiger partial charge on any atom is -0.460 e. The number of hydrogen-bond donors (Lipinski definition) is 0. The molecule has 0 aliphatic rings. The Bertz CT molecular complexity index is 374. The summed E-state index contributed by atoms with van der Waals surface area (Å²) in [6.45, 7) is 3.74. The quantitative estimate of drug-likeness (QED) is 0.547. The van der Waals surface area contributed by atoms with Crippen molar-refractivity contribution in [2.24, 2.45) is 0 Å². The number of ketones is 1. The van der Waals surface area contributed by atoms with Crippen molar-refractivity contribution in [2.75, 3.05) is 6.61 Å². The molecule has 0 amide bonds. The zero-order chi connectivity index (χ0) is 11.3. The van der Waals surface area contributed by atoms with E-state index in [1.807, 2.05) is 6.92 Å². The molecule has 0 saturated heterocycles. The van der Waals surface area contributed by atoms with Gasteiger partial charge in [0.15, 0.2) is 0 Å². The maximum atomic E-state index is 11.4. The van der Waals surface area contributed by atoms with Crippen molar-refractivity contribution in [3.63, 3.8) is 0 Å². The zero-order valence-corrected chi connectivity index (χ0v) is 8.82. The van der Waals surface area contributed by atoms with Crippen molar-refractivity contribution in [1.82, 2.24) is 4.98 Å². The molecular formula is C11H13NO3. The van der Waals surface area contributed by atoms with Crippen molar-refractivity contribution in [2.45, 2.75) is 20.3 Å². The fourth-order valence-electron chi connectivity index (χ4n) is 1.16. The largest absolute Gasteiger partial charge is 0.460 e. The van der Waals surface area contributed by atoms with Crippen LogP contribution in [0, 0.1) is 6.92 Å². The van der Waals surface area contributed by atoms with E-state index in [1.54, 1.807) is 25.4 Å². The second-order valence-electron chi connectivity index (χ2n) is 3.12. The summed E-state index contributed by atoms with van der Waals surface area (Å²) in [5.74, 6) is -1.29. The average Bonchev–Trinajstić information content (AvgIpc) is 2.21. The molecule has 15 heavy (non-hydrogen) atoms. The number of nitrogens with zero attached hydrogens (tertiary/aromatic N) is 1. The van der Waals surface area contributed by atoms with Gasteiger partial charge in [-0.15, -0.1) is 0 Å². The predicted molar refractivity (Wildman–Crippen MR) is 54.3 cm³/mol. The second-order valence-corrected chi connectivity index (χ2v) is 3.12. The summed E-state index contributed by atoms with van der Waals surface area (Å²) < 4.78 is 4.61. The van der Waals surface area contributed by atoms with Crippen molar-refractivity contribution in [3.8, 4) is 0 Å². The lowest BCUT2D eigenvalue weighted by Crippen LogP contribution is -2.19. The van der Waals surface area contributed by atoms with Crippen molar-refractivity contribution in [3.05, 3.63) is 29.6 Å². The van der Waals surface area contributed by atoms with E-state index in [2.05, 4.69) is 9.72 Å². The molecule has 1 heterocycles. The van der Waals surface area contributed by atoms with E-state index in [9.17, 15) is 9.59 Å². The van der Waals surface area contributed by atoms with Crippen LogP contribution in [0.3, 0.4) is 0 Å². The molecule has 0 unspecified atom stereocenters. The number of Topliss-reactive ketones (excluding diaryl/α,β-unsaturated/α-hetero) is 1. The van der Waals surface area contributed by atoms with Gasteiger partial charge < -0.3 is 4.74 Å². The summed E-state index contributed by atoms with van der Waals surface area (Å²) in [7, 11) is 0. The van der Waals surface area contributed by atoms with Crippen LogP contribution in [0.15, 0.2) is 18.5 Å². The van der Waals surface area contributed by atoms with Crippen LogP contribution in [-0.4, -0.2) is 23.3 Å². The SMILES string of the molecule is CCOC(=O)C(=O)Cc1ccncc1C. The average molecular weight is 207 g/mol. The number of ether oxygens (including phenoxy) is 1. The molecular weight excluding hydrogens is 194 g/mol. The Hall–Kier alpha value is -1.71. The standard InChI is InChI=1S/C11H13NO3/c1-3-15-11(14)10(13)6-9-4-5-12-7-8(9)2/h4-5,7H,3,6H2,1-2H3. The van der Waals surface area contributed by atoms with Crippen LogP contribution in [0.1, 0.15) is 18.1 Å². The fraction of sp³-hybridized carbons (Fsp3) is 0.364. The molecule has 0 fully saturated rings. The number of aromatic nitrogens is 1. The third-order valence-corrected chi connectivity index (χ3v) is 1.99. The Kier molecular flexibility index (Phi) is 3.97. The monoisotopic (exact) mass is 207 g/mol. The first kappa shape index (κ1) is 11.4. The smallest absolute Gasteiger partial charge is 0.374 e. The van der Waals surface area contributed by atoms with Gasteiger partial charge in [0.25, 0.3) is 0 Å². The summed E-state index contributed by atoms with van der Waals surface area (Å²) in [6.07, 6.45) is 3.34. The highest BCUT2D eigenvalue weighted by Gasteiger charge is 2.15. The number of carbonyl (C=O) groups excluding carboxylic acids is 2. The third kappa shape index (κ3) is 3.16. The molecule has 0 saturated carbocycles. The topological polar surface area (TPSA) is 56.3 Å². The van der Waals surface area contributed by atoms with Crippen LogP contribution in [-0.2, 0) is 20.7 Å². The summed E-state index contributed by atoms with van der Waals surface area (Å²) in [5.41, 5.74) is 1.71. The van der Waals surface area contributed by atoms with Gasteiger partial charge in [0, 0.05) is 18.8 Å². The Morgan fingerprint density at radius 2 is 2.20 bits per heavy atom. The van der Waals surface area contributed by atoms with Gasteiger partial charge in [0.05, 0.1) is 6.61 Å². The van der Waals surface area contributed by atoms with Gasteiger partial charge in [0.2, 0.25) is 5.78 Å². The fourth-order valence-corrected chi connectivity index (χ4v) is 1.16. The lowest BCUT2D eigenvalue weighted by atomic mass is 10.1. The van der Waals surface area contributed by atoms with E-state index in [0.29, 0.717) is 0 Å². The van der Waals surface area contributed by atoms with Gasteiger partial charge in [-0.25, -0.2) is 4.79 Å². The Balaban J connectivity index is 2.67. The van der Waals surface area contributed by atoms with E-state index < -0.39 is 11.8 Å². The van der Waals surface area contributed by atoms with Crippen LogP contribution in [0.2, 0.25) is 0 Å². The minimum atomic E-state index is -0.770.